The number of pyridine rings is 2. The molecule has 0 radical (unpaired) electrons. The zero-order valence-corrected chi connectivity index (χ0v) is 24.4. The number of aromatic nitrogens is 3. The molecule has 0 bridgehead atoms. The van der Waals surface area contributed by atoms with Crippen molar-refractivity contribution in [2.24, 2.45) is 0 Å². The molecule has 6 rings (SSSR count). The van der Waals surface area contributed by atoms with E-state index in [0.717, 1.165) is 38.8 Å². The van der Waals surface area contributed by atoms with Crippen LogP contribution in [0.2, 0.25) is 0 Å². The van der Waals surface area contributed by atoms with Crippen molar-refractivity contribution in [3.8, 4) is 34.5 Å². The summed E-state index contributed by atoms with van der Waals surface area (Å²) in [5.41, 5.74) is 5.20. The van der Waals surface area contributed by atoms with E-state index in [1.54, 1.807) is 6.20 Å². The summed E-state index contributed by atoms with van der Waals surface area (Å²) in [7, 11) is 0. The van der Waals surface area contributed by atoms with E-state index in [9.17, 15) is 5.11 Å². The van der Waals surface area contributed by atoms with E-state index < -0.39 is 0 Å². The summed E-state index contributed by atoms with van der Waals surface area (Å²) < 4.78 is 8.50. The van der Waals surface area contributed by atoms with Gasteiger partial charge in [-0.1, -0.05) is 77.9 Å². The van der Waals surface area contributed by atoms with Crippen LogP contribution in [-0.4, -0.2) is 19.6 Å². The molecular weight excluding hydrogens is 506 g/mol. The van der Waals surface area contributed by atoms with Crippen LogP contribution in [0.15, 0.2) is 97.2 Å². The first kappa shape index (κ1) is 26.6. The monoisotopic (exact) mass is 541 g/mol. The zero-order chi connectivity index (χ0) is 28.9. The molecule has 6 aromatic rings. The quantitative estimate of drug-likeness (QED) is 0.242. The number of benzene rings is 3. The Labute approximate surface area is 241 Å². The van der Waals surface area contributed by atoms with E-state index in [0.29, 0.717) is 22.9 Å². The second kappa shape index (κ2) is 9.77. The highest BCUT2D eigenvalue weighted by Gasteiger charge is 2.26. The van der Waals surface area contributed by atoms with Crippen LogP contribution in [0.3, 0.4) is 0 Å². The SMILES string of the molecule is CC(C)(C)c1cc(-c2cccc(Oc3ccc4c5ccccc5n(-c5ccccn5)c4c3)n2)c(O)c(C(C)(C)C)c1. The molecule has 0 aliphatic carbocycles. The van der Waals surface area contributed by atoms with Crippen molar-refractivity contribution in [1.82, 2.24) is 14.5 Å². The first-order valence-electron chi connectivity index (χ1n) is 14.0. The van der Waals surface area contributed by atoms with Crippen LogP contribution in [0.4, 0.5) is 0 Å². The molecule has 0 fully saturated rings. The summed E-state index contributed by atoms with van der Waals surface area (Å²) in [6.45, 7) is 12.9. The highest BCUT2D eigenvalue weighted by molar-refractivity contribution is 6.09. The lowest BCUT2D eigenvalue weighted by Crippen LogP contribution is -2.17. The molecule has 41 heavy (non-hydrogen) atoms. The van der Waals surface area contributed by atoms with Gasteiger partial charge >= 0.3 is 0 Å². The maximum atomic E-state index is 11.4. The normalized spacial score (nSPS) is 12.2. The first-order chi connectivity index (χ1) is 19.5. The number of ether oxygens (including phenoxy) is 1. The molecule has 1 N–H and O–H groups in total. The van der Waals surface area contributed by atoms with Gasteiger partial charge < -0.3 is 9.84 Å². The van der Waals surface area contributed by atoms with Crippen molar-refractivity contribution in [2.45, 2.75) is 52.4 Å². The number of aromatic hydroxyl groups is 1. The predicted octanol–water partition coefficient (Wildman–Crippen LogP) is 9.33. The topological polar surface area (TPSA) is 60.2 Å². The molecule has 3 heterocycles. The highest BCUT2D eigenvalue weighted by atomic mass is 16.5. The maximum Gasteiger partial charge on any atom is 0.219 e. The minimum absolute atomic E-state index is 0.0853. The van der Waals surface area contributed by atoms with E-state index in [2.05, 4.69) is 81.4 Å². The smallest absolute Gasteiger partial charge is 0.219 e. The molecule has 0 unspecified atom stereocenters. The van der Waals surface area contributed by atoms with Crippen LogP contribution in [0.5, 0.6) is 17.4 Å². The Morgan fingerprint density at radius 2 is 1.46 bits per heavy atom. The molecule has 0 atom stereocenters. The number of hydrogen-bond donors (Lipinski definition) is 1. The molecule has 0 saturated carbocycles. The van der Waals surface area contributed by atoms with Gasteiger partial charge in [0.25, 0.3) is 0 Å². The third-order valence-electron chi connectivity index (χ3n) is 7.53. The lowest BCUT2D eigenvalue weighted by molar-refractivity contribution is 0.445. The Hall–Kier alpha value is -4.64. The van der Waals surface area contributed by atoms with Gasteiger partial charge in [-0.15, -0.1) is 0 Å². The third-order valence-corrected chi connectivity index (χ3v) is 7.53. The average Bonchev–Trinajstić information content (AvgIpc) is 3.26. The standard InChI is InChI=1S/C36H35N3O2/c1-35(2,3)23-20-27(34(40)28(21-23)36(4,5)6)29-13-11-16-33(38-29)41-24-17-18-26-25-12-7-8-14-30(25)39(31(26)22-24)32-15-9-10-19-37-32/h7-22,40H,1-6H3. The molecule has 3 aromatic heterocycles. The van der Waals surface area contributed by atoms with Crippen molar-refractivity contribution in [2.75, 3.05) is 0 Å². The molecule has 0 aliphatic heterocycles. The fourth-order valence-corrected chi connectivity index (χ4v) is 5.32. The number of fused-ring (bicyclic) bond motifs is 3. The van der Waals surface area contributed by atoms with Crippen LogP contribution in [0.25, 0.3) is 38.9 Å². The highest BCUT2D eigenvalue weighted by Crippen LogP contribution is 2.42. The van der Waals surface area contributed by atoms with E-state index in [4.69, 9.17) is 9.72 Å². The summed E-state index contributed by atoms with van der Waals surface area (Å²) in [4.78, 5) is 9.47. The van der Waals surface area contributed by atoms with Crippen molar-refractivity contribution in [1.29, 1.82) is 0 Å². The van der Waals surface area contributed by atoms with Gasteiger partial charge in [0.1, 0.15) is 17.3 Å². The summed E-state index contributed by atoms with van der Waals surface area (Å²) >= 11 is 0. The number of rotatable bonds is 4. The molecule has 0 amide bonds. The van der Waals surface area contributed by atoms with Gasteiger partial charge in [-0.25, -0.2) is 9.97 Å². The van der Waals surface area contributed by atoms with E-state index in [-0.39, 0.29) is 16.6 Å². The second-order valence-corrected chi connectivity index (χ2v) is 12.6. The fraction of sp³-hybridized carbons (Fsp3) is 0.222. The predicted molar refractivity (Wildman–Crippen MR) is 167 cm³/mol. The Kier molecular flexibility index (Phi) is 6.33. The van der Waals surface area contributed by atoms with Crippen molar-refractivity contribution < 1.29 is 9.84 Å². The van der Waals surface area contributed by atoms with Crippen LogP contribution in [-0.2, 0) is 10.8 Å². The van der Waals surface area contributed by atoms with Crippen LogP contribution < -0.4 is 4.74 Å². The van der Waals surface area contributed by atoms with Crippen molar-refractivity contribution in [3.63, 3.8) is 0 Å². The zero-order valence-electron chi connectivity index (χ0n) is 24.4. The minimum Gasteiger partial charge on any atom is -0.507 e. The van der Waals surface area contributed by atoms with Crippen LogP contribution in [0, 0.1) is 0 Å². The Morgan fingerprint density at radius 1 is 0.707 bits per heavy atom. The van der Waals surface area contributed by atoms with Crippen molar-refractivity contribution >= 4 is 21.8 Å². The molecule has 206 valence electrons. The number of nitrogens with zero attached hydrogens (tertiary/aromatic N) is 3. The van der Waals surface area contributed by atoms with Gasteiger partial charge in [0.15, 0.2) is 0 Å². The van der Waals surface area contributed by atoms with Gasteiger partial charge in [-0.3, -0.25) is 4.57 Å². The summed E-state index contributed by atoms with van der Waals surface area (Å²) in [6.07, 6.45) is 1.81. The van der Waals surface area contributed by atoms with E-state index in [1.807, 2.05) is 60.7 Å². The molecular formula is C36H35N3O2. The molecule has 0 saturated heterocycles. The molecule has 5 nitrogen and oxygen atoms in total. The molecule has 0 aliphatic rings. The third kappa shape index (κ3) is 4.93. The number of phenolic OH excluding ortho intramolecular Hbond substituents is 1. The minimum atomic E-state index is -0.227. The first-order valence-corrected chi connectivity index (χ1v) is 14.0. The number of hydrogen-bond acceptors (Lipinski definition) is 4. The Bertz CT molecular complexity index is 1890. The van der Waals surface area contributed by atoms with Crippen molar-refractivity contribution in [3.05, 3.63) is 108 Å². The largest absolute Gasteiger partial charge is 0.507 e. The summed E-state index contributed by atoms with van der Waals surface area (Å²) in [6, 6.07) is 30.2. The van der Waals surface area contributed by atoms with E-state index in [1.165, 1.54) is 0 Å². The lowest BCUT2D eigenvalue weighted by atomic mass is 9.78. The number of para-hydroxylation sites is 1. The van der Waals surface area contributed by atoms with Gasteiger partial charge in [-0.05, 0) is 58.9 Å². The van der Waals surface area contributed by atoms with Gasteiger partial charge in [0.05, 0.1) is 16.7 Å². The Morgan fingerprint density at radius 3 is 2.20 bits per heavy atom. The van der Waals surface area contributed by atoms with Crippen LogP contribution in [0.1, 0.15) is 52.7 Å². The maximum absolute atomic E-state index is 11.4. The summed E-state index contributed by atoms with van der Waals surface area (Å²) in [5.74, 6) is 2.24. The average molecular weight is 542 g/mol. The lowest BCUT2D eigenvalue weighted by Gasteiger charge is -2.27. The van der Waals surface area contributed by atoms with Gasteiger partial charge in [0.2, 0.25) is 5.88 Å². The second-order valence-electron chi connectivity index (χ2n) is 12.6. The number of phenols is 1. The summed E-state index contributed by atoms with van der Waals surface area (Å²) in [5, 5.41) is 13.7. The fourth-order valence-electron chi connectivity index (χ4n) is 5.32. The Balaban J connectivity index is 1.44. The van der Waals surface area contributed by atoms with Gasteiger partial charge in [-0.2, -0.15) is 0 Å². The van der Waals surface area contributed by atoms with Crippen LogP contribution >= 0.6 is 0 Å². The molecule has 0 spiro atoms. The van der Waals surface area contributed by atoms with Gasteiger partial charge in [0, 0.05) is 40.2 Å². The molecule has 5 heteroatoms. The molecule has 3 aromatic carbocycles. The van der Waals surface area contributed by atoms with E-state index >= 15 is 0 Å².